The second-order valence-electron chi connectivity index (χ2n) is 7.12. The van der Waals surface area contributed by atoms with Crippen LogP contribution in [0.5, 0.6) is 0 Å². The second kappa shape index (κ2) is 13.7. The maximum Gasteiger partial charge on any atom is 0.335 e. The maximum atomic E-state index is 13.1. The van der Waals surface area contributed by atoms with Crippen LogP contribution in [0.25, 0.3) is 0 Å². The Morgan fingerprint density at radius 1 is 0.853 bits per heavy atom. The van der Waals surface area contributed by atoms with E-state index >= 15 is 0 Å². The highest BCUT2D eigenvalue weighted by Crippen LogP contribution is 2.09. The van der Waals surface area contributed by atoms with Crippen molar-refractivity contribution in [2.45, 2.75) is 40.2 Å². The minimum absolute atomic E-state index is 0.00651. The van der Waals surface area contributed by atoms with E-state index < -0.39 is 29.9 Å². The van der Waals surface area contributed by atoms with E-state index in [1.54, 1.807) is 0 Å². The van der Waals surface area contributed by atoms with Crippen LogP contribution >= 0.6 is 0 Å². The number of aromatic nitrogens is 2. The van der Waals surface area contributed by atoms with Crippen LogP contribution < -0.4 is 11.2 Å². The fourth-order valence-corrected chi connectivity index (χ4v) is 3.07. The summed E-state index contributed by atoms with van der Waals surface area (Å²) in [5.41, 5.74) is -0.474. The van der Waals surface area contributed by atoms with Crippen LogP contribution in [0.15, 0.2) is 39.9 Å². The predicted molar refractivity (Wildman–Crippen MR) is 119 cm³/mol. The van der Waals surface area contributed by atoms with Gasteiger partial charge in [0, 0.05) is 19.5 Å². The fourth-order valence-electron chi connectivity index (χ4n) is 3.07. The SMILES string of the molecule is CC(=O)OCCOCn1c(CCc2ccccc2)c(C#N)c(=O)n(COCCOC(C)=O)c1=O. The highest BCUT2D eigenvalue weighted by atomic mass is 16.6. The molecular formula is C23H27N3O8. The minimum atomic E-state index is -0.779. The van der Waals surface area contributed by atoms with Crippen molar-refractivity contribution in [2.24, 2.45) is 0 Å². The molecule has 11 heteroatoms. The Bertz CT molecular complexity index is 1130. The van der Waals surface area contributed by atoms with Crippen LogP contribution in [0, 0.1) is 11.3 Å². The van der Waals surface area contributed by atoms with Crippen LogP contribution in [0.3, 0.4) is 0 Å². The molecule has 0 aliphatic carbocycles. The lowest BCUT2D eigenvalue weighted by atomic mass is 10.1. The Balaban J connectivity index is 2.30. The molecule has 0 radical (unpaired) electrons. The number of hydrogen-bond acceptors (Lipinski definition) is 9. The van der Waals surface area contributed by atoms with Crippen molar-refractivity contribution in [3.05, 3.63) is 68.0 Å². The van der Waals surface area contributed by atoms with Gasteiger partial charge in [-0.3, -0.25) is 19.0 Å². The normalized spacial score (nSPS) is 10.5. The highest BCUT2D eigenvalue weighted by molar-refractivity contribution is 5.66. The summed E-state index contributed by atoms with van der Waals surface area (Å²) < 4.78 is 22.3. The molecule has 0 N–H and O–H groups in total. The van der Waals surface area contributed by atoms with Gasteiger partial charge in [0.15, 0.2) is 0 Å². The molecule has 0 saturated carbocycles. The molecule has 1 aromatic heterocycles. The second-order valence-corrected chi connectivity index (χ2v) is 7.12. The number of nitriles is 1. The number of carbonyl (C=O) groups excluding carboxylic acids is 2. The average Bonchev–Trinajstić information content (AvgIpc) is 2.80. The van der Waals surface area contributed by atoms with Gasteiger partial charge in [-0.05, 0) is 18.4 Å². The number of ether oxygens (including phenoxy) is 4. The van der Waals surface area contributed by atoms with Crippen molar-refractivity contribution in [1.29, 1.82) is 5.26 Å². The Morgan fingerprint density at radius 3 is 1.94 bits per heavy atom. The van der Waals surface area contributed by atoms with Gasteiger partial charge in [0.25, 0.3) is 5.56 Å². The zero-order chi connectivity index (χ0) is 24.9. The summed E-state index contributed by atoms with van der Waals surface area (Å²) >= 11 is 0. The number of hydrogen-bond donors (Lipinski definition) is 0. The van der Waals surface area contributed by atoms with Crippen LogP contribution in [-0.2, 0) is 54.8 Å². The smallest absolute Gasteiger partial charge is 0.335 e. The molecule has 0 bridgehead atoms. The zero-order valence-electron chi connectivity index (χ0n) is 19.2. The van der Waals surface area contributed by atoms with Gasteiger partial charge in [-0.2, -0.15) is 5.26 Å². The first-order valence-corrected chi connectivity index (χ1v) is 10.6. The van der Waals surface area contributed by atoms with E-state index in [1.165, 1.54) is 18.4 Å². The monoisotopic (exact) mass is 473 g/mol. The molecule has 2 rings (SSSR count). The summed E-state index contributed by atoms with van der Waals surface area (Å²) in [7, 11) is 0. The molecule has 0 aliphatic heterocycles. The molecule has 182 valence electrons. The minimum Gasteiger partial charge on any atom is -0.463 e. The molecule has 11 nitrogen and oxygen atoms in total. The molecule has 34 heavy (non-hydrogen) atoms. The summed E-state index contributed by atoms with van der Waals surface area (Å²) in [4.78, 5) is 47.8. The zero-order valence-corrected chi connectivity index (χ0v) is 19.2. The van der Waals surface area contributed by atoms with Crippen molar-refractivity contribution in [3.8, 4) is 6.07 Å². The molecule has 0 amide bonds. The third kappa shape index (κ3) is 7.99. The third-order valence-corrected chi connectivity index (χ3v) is 4.65. The quantitative estimate of drug-likeness (QED) is 0.304. The topological polar surface area (TPSA) is 139 Å². The predicted octanol–water partition coefficient (Wildman–Crippen LogP) is 0.741. The van der Waals surface area contributed by atoms with E-state index in [-0.39, 0.29) is 50.8 Å². The molecule has 0 fully saturated rings. The van der Waals surface area contributed by atoms with Gasteiger partial charge in [-0.15, -0.1) is 0 Å². The summed E-state index contributed by atoms with van der Waals surface area (Å²) in [6.07, 6.45) is 0.740. The molecule has 2 aromatic rings. The van der Waals surface area contributed by atoms with Crippen molar-refractivity contribution in [1.82, 2.24) is 9.13 Å². The van der Waals surface area contributed by atoms with Gasteiger partial charge in [-0.25, -0.2) is 9.36 Å². The Morgan fingerprint density at radius 2 is 1.41 bits per heavy atom. The molecule has 0 aliphatic rings. The molecule has 0 spiro atoms. The molecule has 0 saturated heterocycles. The molecule has 0 unspecified atom stereocenters. The number of benzene rings is 1. The van der Waals surface area contributed by atoms with E-state index in [4.69, 9.17) is 18.9 Å². The van der Waals surface area contributed by atoms with E-state index in [9.17, 15) is 24.4 Å². The Hall–Kier alpha value is -3.75. The van der Waals surface area contributed by atoms with Gasteiger partial charge >= 0.3 is 17.6 Å². The van der Waals surface area contributed by atoms with Crippen molar-refractivity contribution in [2.75, 3.05) is 26.4 Å². The van der Waals surface area contributed by atoms with Gasteiger partial charge in [-0.1, -0.05) is 30.3 Å². The summed E-state index contributed by atoms with van der Waals surface area (Å²) in [6.45, 7) is 1.75. The number of carbonyl (C=O) groups is 2. The fraction of sp³-hybridized carbons (Fsp3) is 0.435. The van der Waals surface area contributed by atoms with Crippen molar-refractivity contribution < 1.29 is 28.5 Å². The van der Waals surface area contributed by atoms with Crippen molar-refractivity contribution in [3.63, 3.8) is 0 Å². The highest BCUT2D eigenvalue weighted by Gasteiger charge is 2.19. The Labute approximate surface area is 196 Å². The van der Waals surface area contributed by atoms with Gasteiger partial charge in [0.05, 0.1) is 13.2 Å². The first-order valence-electron chi connectivity index (χ1n) is 10.6. The maximum absolute atomic E-state index is 13.1. The van der Waals surface area contributed by atoms with E-state index in [1.807, 2.05) is 36.4 Å². The van der Waals surface area contributed by atoms with Crippen molar-refractivity contribution >= 4 is 11.9 Å². The molecule has 0 atom stereocenters. The number of esters is 2. The first-order chi connectivity index (χ1) is 16.3. The van der Waals surface area contributed by atoms with Crippen LogP contribution in [0.2, 0.25) is 0 Å². The molecular weight excluding hydrogens is 446 g/mol. The lowest BCUT2D eigenvalue weighted by molar-refractivity contribution is -0.143. The van der Waals surface area contributed by atoms with Gasteiger partial charge in [0.2, 0.25) is 0 Å². The van der Waals surface area contributed by atoms with Crippen LogP contribution in [-0.4, -0.2) is 47.5 Å². The lowest BCUT2D eigenvalue weighted by Gasteiger charge is -2.17. The lowest BCUT2D eigenvalue weighted by Crippen LogP contribution is -2.44. The average molecular weight is 473 g/mol. The number of aryl methyl sites for hydroxylation is 1. The molecule has 1 heterocycles. The first kappa shape index (κ1) is 26.5. The summed E-state index contributed by atoms with van der Waals surface area (Å²) in [5.74, 6) is -0.945. The van der Waals surface area contributed by atoms with E-state index in [0.29, 0.717) is 6.42 Å². The third-order valence-electron chi connectivity index (χ3n) is 4.65. The molecule has 1 aromatic carbocycles. The van der Waals surface area contributed by atoms with Crippen LogP contribution in [0.4, 0.5) is 0 Å². The Kier molecular flexibility index (Phi) is 10.7. The van der Waals surface area contributed by atoms with E-state index in [2.05, 4.69) is 0 Å². The van der Waals surface area contributed by atoms with E-state index in [0.717, 1.165) is 10.1 Å². The van der Waals surface area contributed by atoms with Gasteiger partial charge in [0.1, 0.15) is 38.3 Å². The summed E-state index contributed by atoms with van der Waals surface area (Å²) in [5, 5.41) is 9.70. The number of rotatable bonds is 13. The largest absolute Gasteiger partial charge is 0.463 e. The number of nitrogens with zero attached hydrogens (tertiary/aromatic N) is 3. The van der Waals surface area contributed by atoms with Crippen LogP contribution in [0.1, 0.15) is 30.7 Å². The summed E-state index contributed by atoms with van der Waals surface area (Å²) in [6, 6.07) is 11.3. The van der Waals surface area contributed by atoms with Gasteiger partial charge < -0.3 is 18.9 Å². The standard InChI is InChI=1S/C23H27N3O8/c1-17(27)33-12-10-31-15-25-21(9-8-19-6-4-3-5-7-19)20(14-24)22(29)26(23(25)30)16-32-11-13-34-18(2)28/h3-7H,8-13,15-16H2,1-2H3.